The molecule has 0 aliphatic heterocycles. The number of carbonyl (C=O) groups is 1. The Morgan fingerprint density at radius 2 is 1.74 bits per heavy atom. The van der Waals surface area contributed by atoms with Gasteiger partial charge in [0.2, 0.25) is 0 Å². The fraction of sp³-hybridized carbons (Fsp3) is 0.0714. The Balaban J connectivity index is 2.48. The van der Waals surface area contributed by atoms with Crippen LogP contribution in [0.5, 0.6) is 0 Å². The molecule has 0 aromatic heterocycles. The van der Waals surface area contributed by atoms with Crippen LogP contribution in [0.25, 0.3) is 0 Å². The molecule has 2 aromatic rings. The van der Waals surface area contributed by atoms with Crippen molar-refractivity contribution in [3.8, 4) is 0 Å². The molecule has 0 saturated carbocycles. The summed E-state index contributed by atoms with van der Waals surface area (Å²) in [5.74, 6) is -1.13. The molecule has 0 radical (unpaired) electrons. The van der Waals surface area contributed by atoms with Gasteiger partial charge in [-0.25, -0.2) is 4.79 Å². The average molecular weight is 317 g/mol. The normalized spacial score (nSPS) is 10.1. The Bertz CT molecular complexity index is 818. The van der Waals surface area contributed by atoms with Crippen molar-refractivity contribution in [2.24, 2.45) is 0 Å². The first-order valence-corrected chi connectivity index (χ1v) is 6.33. The van der Waals surface area contributed by atoms with E-state index in [4.69, 9.17) is 5.11 Å². The number of nitrogens with zero attached hydrogens (tertiary/aromatic N) is 2. The second-order valence-electron chi connectivity index (χ2n) is 4.68. The molecule has 2 N–H and O–H groups in total. The second-order valence-corrected chi connectivity index (χ2v) is 4.68. The van der Waals surface area contributed by atoms with Crippen LogP contribution < -0.4 is 5.32 Å². The van der Waals surface area contributed by atoms with Crippen molar-refractivity contribution >= 4 is 28.7 Å². The summed E-state index contributed by atoms with van der Waals surface area (Å²) < 4.78 is 0. The number of nitrogens with one attached hydrogen (secondary N) is 1. The number of hydrogen-bond donors (Lipinski definition) is 2. The van der Waals surface area contributed by atoms with Gasteiger partial charge in [0.05, 0.1) is 21.5 Å². The summed E-state index contributed by atoms with van der Waals surface area (Å²) in [7, 11) is 0. The number of nitro benzene ring substituents is 2. The maximum Gasteiger partial charge on any atom is 0.335 e. The van der Waals surface area contributed by atoms with Gasteiger partial charge >= 0.3 is 5.97 Å². The van der Waals surface area contributed by atoms with E-state index in [1.807, 2.05) is 0 Å². The maximum absolute atomic E-state index is 11.1. The molecule has 0 amide bonds. The molecule has 0 aliphatic rings. The minimum absolute atomic E-state index is 0.0164. The summed E-state index contributed by atoms with van der Waals surface area (Å²) >= 11 is 0. The molecule has 0 saturated heterocycles. The molecule has 2 aromatic carbocycles. The summed E-state index contributed by atoms with van der Waals surface area (Å²) in [6.45, 7) is 1.70. The van der Waals surface area contributed by atoms with Gasteiger partial charge in [0.15, 0.2) is 0 Å². The van der Waals surface area contributed by atoms with E-state index in [2.05, 4.69) is 5.32 Å². The smallest absolute Gasteiger partial charge is 0.335 e. The molecule has 0 fully saturated rings. The number of aromatic carboxylic acids is 1. The van der Waals surface area contributed by atoms with Crippen LogP contribution in [0.2, 0.25) is 0 Å². The molecule has 118 valence electrons. The van der Waals surface area contributed by atoms with Crippen molar-refractivity contribution in [2.75, 3.05) is 5.32 Å². The Morgan fingerprint density at radius 1 is 1.04 bits per heavy atom. The molecule has 2 rings (SSSR count). The molecule has 9 nitrogen and oxygen atoms in total. The lowest BCUT2D eigenvalue weighted by atomic mass is 10.1. The van der Waals surface area contributed by atoms with Crippen LogP contribution >= 0.6 is 0 Å². The van der Waals surface area contributed by atoms with Gasteiger partial charge in [0, 0.05) is 11.8 Å². The van der Waals surface area contributed by atoms with Gasteiger partial charge in [-0.3, -0.25) is 20.2 Å². The van der Waals surface area contributed by atoms with Crippen LogP contribution in [0.3, 0.4) is 0 Å². The van der Waals surface area contributed by atoms with Crippen LogP contribution in [-0.4, -0.2) is 20.9 Å². The van der Waals surface area contributed by atoms with E-state index in [0.29, 0.717) is 11.3 Å². The van der Waals surface area contributed by atoms with Gasteiger partial charge in [-0.05, 0) is 30.7 Å². The standard InChI is InChI=1S/C14H11N3O6/c1-8-2-3-9(14(18)19)6-12(8)15-11-5-4-10(16(20)21)7-13(11)17(22)23/h2-7,15H,1H3,(H,18,19). The Kier molecular flexibility index (Phi) is 4.21. The van der Waals surface area contributed by atoms with Crippen LogP contribution in [0.1, 0.15) is 15.9 Å². The monoisotopic (exact) mass is 317 g/mol. The molecule has 0 bridgehead atoms. The van der Waals surface area contributed by atoms with Crippen LogP contribution in [-0.2, 0) is 0 Å². The lowest BCUT2D eigenvalue weighted by Crippen LogP contribution is -2.02. The lowest BCUT2D eigenvalue weighted by molar-refractivity contribution is -0.393. The molecule has 9 heteroatoms. The largest absolute Gasteiger partial charge is 0.478 e. The Labute approximate surface area is 129 Å². The summed E-state index contributed by atoms with van der Waals surface area (Å²) in [5, 5.41) is 33.6. The van der Waals surface area contributed by atoms with E-state index >= 15 is 0 Å². The van der Waals surface area contributed by atoms with Gasteiger partial charge in [-0.2, -0.15) is 0 Å². The van der Waals surface area contributed by atoms with Crippen molar-refractivity contribution in [1.82, 2.24) is 0 Å². The predicted molar refractivity (Wildman–Crippen MR) is 81.2 cm³/mol. The second kappa shape index (κ2) is 6.10. The minimum Gasteiger partial charge on any atom is -0.478 e. The third kappa shape index (κ3) is 3.40. The van der Waals surface area contributed by atoms with Gasteiger partial charge in [-0.15, -0.1) is 0 Å². The molecule has 0 aliphatic carbocycles. The van der Waals surface area contributed by atoms with Gasteiger partial charge < -0.3 is 10.4 Å². The average Bonchev–Trinajstić information content (AvgIpc) is 2.49. The van der Waals surface area contributed by atoms with Crippen molar-refractivity contribution in [3.05, 3.63) is 67.8 Å². The van der Waals surface area contributed by atoms with E-state index in [1.54, 1.807) is 13.0 Å². The number of carboxylic acids is 1. The molecule has 0 atom stereocenters. The van der Waals surface area contributed by atoms with Crippen molar-refractivity contribution in [2.45, 2.75) is 6.92 Å². The quantitative estimate of drug-likeness (QED) is 0.638. The highest BCUT2D eigenvalue weighted by Gasteiger charge is 2.20. The number of rotatable bonds is 5. The first-order valence-electron chi connectivity index (χ1n) is 6.33. The summed E-state index contributed by atoms with van der Waals surface area (Å²) in [6, 6.07) is 7.49. The SMILES string of the molecule is Cc1ccc(C(=O)O)cc1Nc1ccc([N+](=O)[O-])cc1[N+](=O)[O-]. The van der Waals surface area contributed by atoms with Crippen LogP contribution in [0, 0.1) is 27.2 Å². The van der Waals surface area contributed by atoms with Crippen molar-refractivity contribution < 1.29 is 19.7 Å². The number of aryl methyl sites for hydroxylation is 1. The van der Waals surface area contributed by atoms with Gasteiger partial charge in [0.1, 0.15) is 5.69 Å². The molecule has 0 heterocycles. The predicted octanol–water partition coefficient (Wildman–Crippen LogP) is 3.25. The first-order chi connectivity index (χ1) is 10.8. The maximum atomic E-state index is 11.1. The highest BCUT2D eigenvalue weighted by Crippen LogP contribution is 2.32. The number of nitro groups is 2. The van der Waals surface area contributed by atoms with Crippen molar-refractivity contribution in [1.29, 1.82) is 0 Å². The van der Waals surface area contributed by atoms with Crippen LogP contribution in [0.15, 0.2) is 36.4 Å². The molecule has 23 heavy (non-hydrogen) atoms. The molecule has 0 unspecified atom stereocenters. The Morgan fingerprint density at radius 3 is 2.30 bits per heavy atom. The van der Waals surface area contributed by atoms with E-state index in [9.17, 15) is 25.0 Å². The van der Waals surface area contributed by atoms with Gasteiger partial charge in [-0.1, -0.05) is 6.07 Å². The highest BCUT2D eigenvalue weighted by molar-refractivity contribution is 5.89. The van der Waals surface area contributed by atoms with Crippen LogP contribution in [0.4, 0.5) is 22.7 Å². The Hall–Kier alpha value is -3.49. The third-order valence-electron chi connectivity index (χ3n) is 3.14. The summed E-state index contributed by atoms with van der Waals surface area (Å²) in [5.41, 5.74) is 0.205. The number of anilines is 2. The molecular weight excluding hydrogens is 306 g/mol. The first kappa shape index (κ1) is 15.9. The minimum atomic E-state index is -1.13. The topological polar surface area (TPSA) is 136 Å². The number of hydrogen-bond acceptors (Lipinski definition) is 6. The van der Waals surface area contributed by atoms with E-state index in [0.717, 1.165) is 12.1 Å². The number of benzene rings is 2. The molecular formula is C14H11N3O6. The zero-order chi connectivity index (χ0) is 17.1. The highest BCUT2D eigenvalue weighted by atomic mass is 16.6. The van der Waals surface area contributed by atoms with Crippen molar-refractivity contribution in [3.63, 3.8) is 0 Å². The summed E-state index contributed by atoms with van der Waals surface area (Å²) in [4.78, 5) is 31.3. The zero-order valence-electron chi connectivity index (χ0n) is 11.8. The van der Waals surface area contributed by atoms with E-state index in [-0.39, 0.29) is 11.3 Å². The number of carboxylic acid groups (broad SMARTS) is 1. The zero-order valence-corrected chi connectivity index (χ0v) is 11.8. The third-order valence-corrected chi connectivity index (χ3v) is 3.14. The fourth-order valence-electron chi connectivity index (χ4n) is 1.93. The van der Waals surface area contributed by atoms with E-state index < -0.39 is 27.2 Å². The summed E-state index contributed by atoms with van der Waals surface area (Å²) in [6.07, 6.45) is 0. The van der Waals surface area contributed by atoms with E-state index in [1.165, 1.54) is 18.2 Å². The fourth-order valence-corrected chi connectivity index (χ4v) is 1.93. The lowest BCUT2D eigenvalue weighted by Gasteiger charge is -2.10. The molecule has 0 spiro atoms. The van der Waals surface area contributed by atoms with Gasteiger partial charge in [0.25, 0.3) is 11.4 Å². The number of non-ortho nitro benzene ring substituents is 1.